The quantitative estimate of drug-likeness (QED) is 0.426. The van der Waals surface area contributed by atoms with Gasteiger partial charge in [-0.15, -0.1) is 0 Å². The fraction of sp³-hybridized carbons (Fsp3) is 0.875. The van der Waals surface area contributed by atoms with Gasteiger partial charge in [-0.3, -0.25) is 9.59 Å². The highest BCUT2D eigenvalue weighted by molar-refractivity contribution is 7.91. The van der Waals surface area contributed by atoms with Crippen molar-refractivity contribution < 1.29 is 37.0 Å². The van der Waals surface area contributed by atoms with E-state index in [1.165, 1.54) is 0 Å². The summed E-state index contributed by atoms with van der Waals surface area (Å²) in [6.07, 6.45) is 3.51. The van der Waals surface area contributed by atoms with Crippen molar-refractivity contribution in [3.8, 4) is 0 Å². The van der Waals surface area contributed by atoms with Gasteiger partial charge in [0.2, 0.25) is 0 Å². The minimum atomic E-state index is -3.44. The molecule has 6 atom stereocenters. The Balaban J connectivity index is 1.12. The summed E-state index contributed by atoms with van der Waals surface area (Å²) in [5.41, 5.74) is 0. The Bertz CT molecular complexity index is 609. The number of hydrogen-bond donors (Lipinski definition) is 0. The van der Waals surface area contributed by atoms with Gasteiger partial charge in [0, 0.05) is 0 Å². The highest BCUT2D eigenvalue weighted by Crippen LogP contribution is 2.44. The van der Waals surface area contributed by atoms with Crippen LogP contribution < -0.4 is 0 Å². The first-order chi connectivity index (χ1) is 11.9. The normalized spacial score (nSPS) is 37.9. The first-order valence-electron chi connectivity index (χ1n) is 8.79. The van der Waals surface area contributed by atoms with E-state index in [0.717, 1.165) is 25.7 Å². The Morgan fingerprint density at radius 2 is 1.24 bits per heavy atom. The molecule has 140 valence electrons. The predicted molar refractivity (Wildman–Crippen MR) is 83.3 cm³/mol. The highest BCUT2D eigenvalue weighted by atomic mass is 32.2. The summed E-state index contributed by atoms with van der Waals surface area (Å²) in [4.78, 5) is 23.8. The summed E-state index contributed by atoms with van der Waals surface area (Å²) in [6.45, 7) is -0.355. The third-order valence-electron chi connectivity index (χ3n) is 5.44. The van der Waals surface area contributed by atoms with Crippen molar-refractivity contribution in [2.24, 2.45) is 11.8 Å². The predicted octanol–water partition coefficient (Wildman–Crippen LogP) is -0.158. The highest BCUT2D eigenvalue weighted by Gasteiger charge is 2.54. The molecule has 2 aliphatic carbocycles. The molecule has 0 N–H and O–H groups in total. The lowest BCUT2D eigenvalue weighted by Crippen LogP contribution is -2.26. The number of rotatable bonds is 8. The second kappa shape index (κ2) is 6.51. The van der Waals surface area contributed by atoms with Gasteiger partial charge < -0.3 is 18.9 Å². The number of fused-ring (bicyclic) bond motifs is 2. The average Bonchev–Trinajstić information content (AvgIpc) is 3.43. The Morgan fingerprint density at radius 3 is 1.56 bits per heavy atom. The van der Waals surface area contributed by atoms with E-state index in [4.69, 9.17) is 18.9 Å². The molecule has 2 saturated heterocycles. The van der Waals surface area contributed by atoms with E-state index in [9.17, 15) is 18.0 Å². The van der Waals surface area contributed by atoms with Crippen molar-refractivity contribution in [3.05, 3.63) is 0 Å². The zero-order valence-electron chi connectivity index (χ0n) is 13.8. The van der Waals surface area contributed by atoms with Crippen molar-refractivity contribution >= 4 is 21.8 Å². The molecule has 2 aliphatic heterocycles. The third kappa shape index (κ3) is 3.83. The SMILES string of the molecule is O=C(OCCS(=O)(=O)CCOC(=O)C1CCC2OC21)C1CCC2OC21. The topological polar surface area (TPSA) is 112 Å². The van der Waals surface area contributed by atoms with Crippen LogP contribution in [-0.4, -0.2) is 69.5 Å². The van der Waals surface area contributed by atoms with Gasteiger partial charge in [-0.1, -0.05) is 0 Å². The monoisotopic (exact) mass is 374 g/mol. The van der Waals surface area contributed by atoms with Crippen LogP contribution in [0.25, 0.3) is 0 Å². The molecule has 4 fully saturated rings. The van der Waals surface area contributed by atoms with E-state index in [0.29, 0.717) is 0 Å². The van der Waals surface area contributed by atoms with Crippen LogP contribution in [-0.2, 0) is 38.4 Å². The Labute approximate surface area is 146 Å². The summed E-state index contributed by atoms with van der Waals surface area (Å²) >= 11 is 0. The summed E-state index contributed by atoms with van der Waals surface area (Å²) in [5.74, 6) is -1.81. The second-order valence-electron chi connectivity index (χ2n) is 7.13. The third-order valence-corrected chi connectivity index (χ3v) is 7.02. The zero-order valence-corrected chi connectivity index (χ0v) is 14.6. The first kappa shape index (κ1) is 17.2. The van der Waals surface area contributed by atoms with Gasteiger partial charge in [-0.2, -0.15) is 0 Å². The van der Waals surface area contributed by atoms with Crippen LogP contribution in [0.3, 0.4) is 0 Å². The van der Waals surface area contributed by atoms with Crippen LogP contribution in [0.1, 0.15) is 25.7 Å². The van der Waals surface area contributed by atoms with Crippen LogP contribution in [0.5, 0.6) is 0 Å². The fourth-order valence-electron chi connectivity index (χ4n) is 3.86. The number of carbonyl (C=O) groups excluding carboxylic acids is 2. The molecule has 8 nitrogen and oxygen atoms in total. The van der Waals surface area contributed by atoms with E-state index >= 15 is 0 Å². The smallest absolute Gasteiger partial charge is 0.311 e. The van der Waals surface area contributed by atoms with Crippen LogP contribution >= 0.6 is 0 Å². The molecule has 0 aromatic heterocycles. The molecule has 2 heterocycles. The number of epoxide rings is 2. The lowest BCUT2D eigenvalue weighted by Gasteiger charge is -2.12. The number of esters is 2. The van der Waals surface area contributed by atoms with E-state index in [2.05, 4.69) is 0 Å². The van der Waals surface area contributed by atoms with Crippen molar-refractivity contribution in [1.29, 1.82) is 0 Å². The molecule has 0 amide bonds. The maximum atomic E-state index is 11.9. The molecule has 0 radical (unpaired) electrons. The van der Waals surface area contributed by atoms with Crippen molar-refractivity contribution in [1.82, 2.24) is 0 Å². The van der Waals surface area contributed by atoms with Crippen LogP contribution in [0, 0.1) is 11.8 Å². The second-order valence-corrected chi connectivity index (χ2v) is 9.44. The Hall–Kier alpha value is -1.19. The zero-order chi connectivity index (χ0) is 17.6. The van der Waals surface area contributed by atoms with E-state index in [-0.39, 0.29) is 72.9 Å². The van der Waals surface area contributed by atoms with Crippen LogP contribution in [0.4, 0.5) is 0 Å². The molecule has 0 aromatic rings. The number of sulfone groups is 1. The van der Waals surface area contributed by atoms with Crippen molar-refractivity contribution in [3.63, 3.8) is 0 Å². The number of carbonyl (C=O) groups is 2. The van der Waals surface area contributed by atoms with Gasteiger partial charge in [0.25, 0.3) is 0 Å². The van der Waals surface area contributed by atoms with Gasteiger partial charge in [-0.05, 0) is 25.7 Å². The van der Waals surface area contributed by atoms with Crippen molar-refractivity contribution in [2.75, 3.05) is 24.7 Å². The van der Waals surface area contributed by atoms with Gasteiger partial charge in [0.1, 0.15) is 13.2 Å². The van der Waals surface area contributed by atoms with Gasteiger partial charge >= 0.3 is 11.9 Å². The average molecular weight is 374 g/mol. The maximum Gasteiger partial charge on any atom is 0.311 e. The standard InChI is InChI=1S/C16H22O8S/c17-15(9-1-3-11-13(9)23-11)21-5-7-25(19,20)8-6-22-16(18)10-2-4-12-14(10)24-12/h9-14H,1-8H2. The minimum absolute atomic E-state index is 0.0332. The summed E-state index contributed by atoms with van der Waals surface area (Å²) < 4.78 is 44.6. The Morgan fingerprint density at radius 1 is 0.800 bits per heavy atom. The van der Waals surface area contributed by atoms with Crippen LogP contribution in [0.15, 0.2) is 0 Å². The van der Waals surface area contributed by atoms with Gasteiger partial charge in [0.15, 0.2) is 9.84 Å². The van der Waals surface area contributed by atoms with Gasteiger partial charge in [0.05, 0.1) is 47.8 Å². The molecule has 9 heteroatoms. The summed E-state index contributed by atoms with van der Waals surface area (Å²) in [6, 6.07) is 0. The molecular weight excluding hydrogens is 352 g/mol. The van der Waals surface area contributed by atoms with E-state index in [1.807, 2.05) is 0 Å². The molecular formula is C16H22O8S. The van der Waals surface area contributed by atoms with Gasteiger partial charge in [-0.25, -0.2) is 8.42 Å². The lowest BCUT2D eigenvalue weighted by molar-refractivity contribution is -0.149. The molecule has 4 rings (SSSR count). The number of ether oxygens (including phenoxy) is 4. The maximum absolute atomic E-state index is 11.9. The largest absolute Gasteiger partial charge is 0.464 e. The lowest BCUT2D eigenvalue weighted by atomic mass is 10.1. The molecule has 0 bridgehead atoms. The molecule has 2 saturated carbocycles. The fourth-order valence-corrected chi connectivity index (χ4v) is 4.74. The minimum Gasteiger partial charge on any atom is -0.464 e. The molecule has 0 aromatic carbocycles. The Kier molecular flexibility index (Phi) is 4.49. The van der Waals surface area contributed by atoms with Crippen molar-refractivity contribution in [2.45, 2.75) is 50.1 Å². The molecule has 0 spiro atoms. The first-order valence-corrected chi connectivity index (χ1v) is 10.6. The van der Waals surface area contributed by atoms with E-state index < -0.39 is 9.84 Å². The van der Waals surface area contributed by atoms with Crippen LogP contribution in [0.2, 0.25) is 0 Å². The van der Waals surface area contributed by atoms with E-state index in [1.54, 1.807) is 0 Å². The molecule has 25 heavy (non-hydrogen) atoms. The molecule has 6 unspecified atom stereocenters. The summed E-state index contributed by atoms with van der Waals surface area (Å²) in [5, 5.41) is 0. The summed E-state index contributed by atoms with van der Waals surface area (Å²) in [7, 11) is -3.44. The molecule has 4 aliphatic rings. The number of hydrogen-bond acceptors (Lipinski definition) is 8.